The van der Waals surface area contributed by atoms with Gasteiger partial charge in [-0.05, 0) is 11.8 Å². The van der Waals surface area contributed by atoms with Gasteiger partial charge < -0.3 is 9.63 Å². The monoisotopic (exact) mass is 250 g/mol. The summed E-state index contributed by atoms with van der Waals surface area (Å²) in [4.78, 5) is 4.21. The molecule has 17 heavy (non-hydrogen) atoms. The second-order valence-electron chi connectivity index (χ2n) is 3.67. The smallest absolute Gasteiger partial charge is 0.229 e. The molecule has 1 aromatic carbocycles. The van der Waals surface area contributed by atoms with Gasteiger partial charge in [0.25, 0.3) is 0 Å². The Hall–Kier alpha value is -1.33. The quantitative estimate of drug-likeness (QED) is 0.881. The molecule has 1 heterocycles. The lowest BCUT2D eigenvalue weighted by molar-refractivity contribution is 0.164. The highest BCUT2D eigenvalue weighted by Gasteiger charge is 2.13. The van der Waals surface area contributed by atoms with E-state index >= 15 is 0 Å². The van der Waals surface area contributed by atoms with E-state index in [0.29, 0.717) is 18.1 Å². The second-order valence-corrected chi connectivity index (χ2v) is 4.53. The van der Waals surface area contributed by atoms with Gasteiger partial charge in [-0.25, -0.2) is 0 Å². The van der Waals surface area contributed by atoms with E-state index in [1.807, 2.05) is 36.6 Å². The highest BCUT2D eigenvalue weighted by Crippen LogP contribution is 2.17. The number of hydrogen-bond acceptors (Lipinski definition) is 5. The molecular weight excluding hydrogens is 236 g/mol. The summed E-state index contributed by atoms with van der Waals surface area (Å²) in [6.07, 6.45) is 1.74. The first kappa shape index (κ1) is 12.1. The fraction of sp³-hybridized carbons (Fsp3) is 0.333. The van der Waals surface area contributed by atoms with Crippen LogP contribution in [0.1, 0.15) is 23.4 Å². The number of aromatic nitrogens is 2. The van der Waals surface area contributed by atoms with Crippen LogP contribution in [0.5, 0.6) is 0 Å². The largest absolute Gasteiger partial charge is 0.388 e. The minimum Gasteiger partial charge on any atom is -0.388 e. The Kier molecular flexibility index (Phi) is 4.17. The summed E-state index contributed by atoms with van der Waals surface area (Å²) in [7, 11) is 0. The summed E-state index contributed by atoms with van der Waals surface area (Å²) in [5.74, 6) is 1.88. The van der Waals surface area contributed by atoms with Crippen molar-refractivity contribution in [2.24, 2.45) is 0 Å². The van der Waals surface area contributed by atoms with Crippen LogP contribution in [0.3, 0.4) is 0 Å². The van der Waals surface area contributed by atoms with Gasteiger partial charge in [-0.3, -0.25) is 0 Å². The van der Waals surface area contributed by atoms with Crippen LogP contribution in [-0.4, -0.2) is 21.5 Å². The second kappa shape index (κ2) is 5.84. The first-order valence-corrected chi connectivity index (χ1v) is 6.72. The Morgan fingerprint density at radius 3 is 2.82 bits per heavy atom. The molecule has 1 N–H and O–H groups in total. The zero-order valence-electron chi connectivity index (χ0n) is 9.54. The molecule has 2 rings (SSSR count). The van der Waals surface area contributed by atoms with Crippen molar-refractivity contribution in [3.05, 3.63) is 47.6 Å². The molecule has 4 nitrogen and oxygen atoms in total. The molecule has 0 bridgehead atoms. The van der Waals surface area contributed by atoms with E-state index in [4.69, 9.17) is 4.52 Å². The Labute approximate surface area is 104 Å². The van der Waals surface area contributed by atoms with E-state index in [9.17, 15) is 5.11 Å². The van der Waals surface area contributed by atoms with E-state index in [-0.39, 0.29) is 0 Å². The number of benzene rings is 1. The lowest BCUT2D eigenvalue weighted by atomic mass is 10.1. The molecule has 1 unspecified atom stereocenters. The van der Waals surface area contributed by atoms with Crippen molar-refractivity contribution < 1.29 is 9.63 Å². The summed E-state index contributed by atoms with van der Waals surface area (Å²) in [5.41, 5.74) is 0.858. The van der Waals surface area contributed by atoms with Gasteiger partial charge in [0.2, 0.25) is 5.89 Å². The highest BCUT2D eigenvalue weighted by molar-refractivity contribution is 7.97. The third kappa shape index (κ3) is 3.31. The predicted octanol–water partition coefficient (Wildman–Crippen LogP) is 2.21. The first-order valence-electron chi connectivity index (χ1n) is 5.33. The van der Waals surface area contributed by atoms with Crippen LogP contribution < -0.4 is 0 Å². The molecule has 90 valence electrons. The lowest BCUT2D eigenvalue weighted by Gasteiger charge is -2.07. The van der Waals surface area contributed by atoms with Crippen LogP contribution in [0.2, 0.25) is 0 Å². The summed E-state index contributed by atoms with van der Waals surface area (Å²) in [6, 6.07) is 9.46. The standard InChI is InChI=1S/C12H14N2O2S/c1-17-8-11-13-12(16-14-11)7-10(15)9-5-3-2-4-6-9/h2-6,10,15H,7-8H2,1H3. The maximum atomic E-state index is 9.98. The van der Waals surface area contributed by atoms with Crippen molar-refractivity contribution >= 4 is 11.8 Å². The fourth-order valence-electron chi connectivity index (χ4n) is 1.52. The number of aliphatic hydroxyl groups is 1. The SMILES string of the molecule is CSCc1noc(CC(O)c2ccccc2)n1. The Morgan fingerprint density at radius 2 is 2.12 bits per heavy atom. The molecule has 1 aromatic heterocycles. The molecule has 0 spiro atoms. The predicted molar refractivity (Wildman–Crippen MR) is 66.6 cm³/mol. The maximum Gasteiger partial charge on any atom is 0.229 e. The van der Waals surface area contributed by atoms with Crippen LogP contribution in [0, 0.1) is 0 Å². The molecular formula is C12H14N2O2S. The average Bonchev–Trinajstić information content (AvgIpc) is 2.78. The normalized spacial score (nSPS) is 12.6. The van der Waals surface area contributed by atoms with Crippen LogP contribution >= 0.6 is 11.8 Å². The summed E-state index contributed by atoms with van der Waals surface area (Å²) in [5, 5.41) is 13.8. The van der Waals surface area contributed by atoms with Crippen molar-refractivity contribution in [1.29, 1.82) is 0 Å². The van der Waals surface area contributed by atoms with Gasteiger partial charge >= 0.3 is 0 Å². The Balaban J connectivity index is 2.00. The molecule has 0 amide bonds. The van der Waals surface area contributed by atoms with Gasteiger partial charge in [0.05, 0.1) is 18.3 Å². The van der Waals surface area contributed by atoms with Crippen LogP contribution in [0.15, 0.2) is 34.9 Å². The molecule has 0 aliphatic carbocycles. The maximum absolute atomic E-state index is 9.98. The Bertz CT molecular complexity index is 459. The zero-order chi connectivity index (χ0) is 12.1. The van der Waals surface area contributed by atoms with Crippen molar-refractivity contribution in [1.82, 2.24) is 10.1 Å². The molecule has 2 aromatic rings. The van der Waals surface area contributed by atoms with Crippen LogP contribution in [0.4, 0.5) is 0 Å². The molecule has 5 heteroatoms. The van der Waals surface area contributed by atoms with Crippen molar-refractivity contribution in [2.45, 2.75) is 18.3 Å². The molecule has 0 radical (unpaired) electrons. The number of nitrogens with zero attached hydrogens (tertiary/aromatic N) is 2. The van der Waals surface area contributed by atoms with Crippen molar-refractivity contribution in [3.63, 3.8) is 0 Å². The van der Waals surface area contributed by atoms with E-state index in [0.717, 1.165) is 11.3 Å². The highest BCUT2D eigenvalue weighted by atomic mass is 32.2. The van der Waals surface area contributed by atoms with E-state index < -0.39 is 6.10 Å². The third-order valence-electron chi connectivity index (χ3n) is 2.34. The van der Waals surface area contributed by atoms with Gasteiger partial charge in [-0.2, -0.15) is 16.7 Å². The minimum absolute atomic E-state index is 0.353. The van der Waals surface area contributed by atoms with Gasteiger partial charge in [-0.15, -0.1) is 0 Å². The van der Waals surface area contributed by atoms with E-state index in [1.165, 1.54) is 0 Å². The third-order valence-corrected chi connectivity index (χ3v) is 2.88. The number of hydrogen-bond donors (Lipinski definition) is 1. The number of rotatable bonds is 5. The van der Waals surface area contributed by atoms with Gasteiger partial charge in [0.15, 0.2) is 5.82 Å². The topological polar surface area (TPSA) is 59.2 Å². The van der Waals surface area contributed by atoms with Crippen molar-refractivity contribution in [2.75, 3.05) is 6.26 Å². The summed E-state index contributed by atoms with van der Waals surface area (Å²) in [6.45, 7) is 0. The molecule has 0 aliphatic rings. The summed E-state index contributed by atoms with van der Waals surface area (Å²) < 4.78 is 5.07. The molecule has 0 saturated heterocycles. The number of thioether (sulfide) groups is 1. The van der Waals surface area contributed by atoms with Crippen LogP contribution in [-0.2, 0) is 12.2 Å². The van der Waals surface area contributed by atoms with Crippen LogP contribution in [0.25, 0.3) is 0 Å². The summed E-state index contributed by atoms with van der Waals surface area (Å²) >= 11 is 1.64. The molecule has 0 fully saturated rings. The fourth-order valence-corrected chi connectivity index (χ4v) is 1.89. The first-order chi connectivity index (χ1) is 8.29. The number of aliphatic hydroxyl groups excluding tert-OH is 1. The molecule has 0 aliphatic heterocycles. The lowest BCUT2D eigenvalue weighted by Crippen LogP contribution is -2.01. The van der Waals surface area contributed by atoms with E-state index in [1.54, 1.807) is 11.8 Å². The zero-order valence-corrected chi connectivity index (χ0v) is 10.4. The molecule has 0 saturated carbocycles. The Morgan fingerprint density at radius 1 is 1.35 bits per heavy atom. The van der Waals surface area contributed by atoms with E-state index in [2.05, 4.69) is 10.1 Å². The van der Waals surface area contributed by atoms with Gasteiger partial charge in [-0.1, -0.05) is 35.5 Å². The minimum atomic E-state index is -0.598. The average molecular weight is 250 g/mol. The van der Waals surface area contributed by atoms with Gasteiger partial charge in [0, 0.05) is 0 Å². The molecule has 1 atom stereocenters. The van der Waals surface area contributed by atoms with Gasteiger partial charge in [0.1, 0.15) is 0 Å². The van der Waals surface area contributed by atoms with Crippen molar-refractivity contribution in [3.8, 4) is 0 Å².